The van der Waals surface area contributed by atoms with Crippen LogP contribution in [0, 0.1) is 13.8 Å². The first-order valence-electron chi connectivity index (χ1n) is 10.1. The van der Waals surface area contributed by atoms with Crippen LogP contribution < -0.4 is 4.74 Å². The van der Waals surface area contributed by atoms with Gasteiger partial charge in [0.15, 0.2) is 0 Å². The minimum Gasteiger partial charge on any atom is -0.497 e. The van der Waals surface area contributed by atoms with Gasteiger partial charge in [-0.25, -0.2) is 4.98 Å². The smallest absolute Gasteiger partial charge is 0.119 e. The second-order valence-electron chi connectivity index (χ2n) is 7.64. The second kappa shape index (κ2) is 7.59. The number of allylic oxidation sites excluding steroid dienone is 2. The first-order valence-corrected chi connectivity index (χ1v) is 11.0. The van der Waals surface area contributed by atoms with E-state index >= 15 is 0 Å². The summed E-state index contributed by atoms with van der Waals surface area (Å²) in [6.07, 6.45) is 9.76. The average Bonchev–Trinajstić information content (AvgIpc) is 3.22. The van der Waals surface area contributed by atoms with Gasteiger partial charge in [0.25, 0.3) is 0 Å². The van der Waals surface area contributed by atoms with Crippen molar-refractivity contribution < 1.29 is 4.74 Å². The van der Waals surface area contributed by atoms with Crippen molar-refractivity contribution in [3.05, 3.63) is 64.1 Å². The van der Waals surface area contributed by atoms with Gasteiger partial charge in [-0.3, -0.25) is 0 Å². The van der Waals surface area contributed by atoms with Gasteiger partial charge in [-0.05, 0) is 56.2 Å². The van der Waals surface area contributed by atoms with Gasteiger partial charge < -0.3 is 9.30 Å². The zero-order valence-corrected chi connectivity index (χ0v) is 18.0. The van der Waals surface area contributed by atoms with E-state index in [1.807, 2.05) is 12.1 Å². The third-order valence-electron chi connectivity index (χ3n) is 5.72. The number of methoxy groups -OCH3 is 1. The van der Waals surface area contributed by atoms with Crippen LogP contribution in [-0.2, 0) is 5.41 Å². The molecule has 3 nitrogen and oxygen atoms in total. The van der Waals surface area contributed by atoms with E-state index in [4.69, 9.17) is 9.72 Å². The molecule has 0 N–H and O–H groups in total. The number of rotatable bonds is 8. The van der Waals surface area contributed by atoms with Gasteiger partial charge in [0.1, 0.15) is 5.75 Å². The van der Waals surface area contributed by atoms with Crippen molar-refractivity contribution in [3.63, 3.8) is 0 Å². The lowest BCUT2D eigenvalue weighted by Crippen LogP contribution is -2.10. The van der Waals surface area contributed by atoms with Crippen LogP contribution in [0.2, 0.25) is 0 Å². The number of hydrogen-bond donors (Lipinski definition) is 0. The van der Waals surface area contributed by atoms with Crippen molar-refractivity contribution >= 4 is 11.3 Å². The van der Waals surface area contributed by atoms with E-state index in [1.54, 1.807) is 18.4 Å². The third kappa shape index (κ3) is 3.42. The molecule has 3 aromatic rings. The average molecular weight is 393 g/mol. The van der Waals surface area contributed by atoms with Gasteiger partial charge in [0, 0.05) is 22.2 Å². The minimum atomic E-state index is 0.136. The van der Waals surface area contributed by atoms with E-state index in [9.17, 15) is 0 Å². The SMILES string of the molecule is CCCCCC1(c2cc(-c3csc(C)n3)n(-c3ccc(OC)cc3)c2C)C=C1. The standard InChI is InChI=1S/C24H28N2OS/c1-5-6-7-12-24(13-14-24)21-15-23(22-16-28-18(3)25-22)26(17(21)2)19-8-10-20(27-4)11-9-19/h8-11,13-16H,5-7,12H2,1-4H3. The monoisotopic (exact) mass is 392 g/mol. The number of unbranched alkanes of at least 4 members (excludes halogenated alkanes) is 2. The first-order chi connectivity index (χ1) is 13.6. The van der Waals surface area contributed by atoms with Crippen LogP contribution in [0.3, 0.4) is 0 Å². The molecule has 1 aliphatic carbocycles. The Kier molecular flexibility index (Phi) is 5.15. The number of ether oxygens (including phenoxy) is 1. The zero-order chi connectivity index (χ0) is 19.7. The summed E-state index contributed by atoms with van der Waals surface area (Å²) in [5, 5.41) is 3.26. The van der Waals surface area contributed by atoms with Gasteiger partial charge in [-0.15, -0.1) is 11.3 Å². The second-order valence-corrected chi connectivity index (χ2v) is 8.71. The van der Waals surface area contributed by atoms with Gasteiger partial charge in [-0.1, -0.05) is 38.3 Å². The highest BCUT2D eigenvalue weighted by molar-refractivity contribution is 7.09. The maximum absolute atomic E-state index is 5.35. The molecule has 0 amide bonds. The number of benzene rings is 1. The zero-order valence-electron chi connectivity index (χ0n) is 17.2. The van der Waals surface area contributed by atoms with Gasteiger partial charge in [-0.2, -0.15) is 0 Å². The fraction of sp³-hybridized carbons (Fsp3) is 0.375. The van der Waals surface area contributed by atoms with Crippen LogP contribution in [-0.4, -0.2) is 16.7 Å². The largest absolute Gasteiger partial charge is 0.497 e. The van der Waals surface area contributed by atoms with Crippen LogP contribution in [0.1, 0.15) is 48.9 Å². The minimum absolute atomic E-state index is 0.136. The first kappa shape index (κ1) is 19.0. The molecule has 0 atom stereocenters. The normalized spacial score (nSPS) is 14.4. The Balaban J connectivity index is 1.80. The van der Waals surface area contributed by atoms with E-state index < -0.39 is 0 Å². The van der Waals surface area contributed by atoms with Crippen molar-refractivity contribution in [1.82, 2.24) is 9.55 Å². The fourth-order valence-electron chi connectivity index (χ4n) is 4.06. The molecule has 2 heterocycles. The molecule has 4 rings (SSSR count). The van der Waals surface area contributed by atoms with Crippen molar-refractivity contribution in [2.24, 2.45) is 0 Å². The van der Waals surface area contributed by atoms with E-state index in [0.29, 0.717) is 0 Å². The molecule has 0 bridgehead atoms. The van der Waals surface area contributed by atoms with Crippen molar-refractivity contribution in [2.75, 3.05) is 7.11 Å². The number of hydrogen-bond acceptors (Lipinski definition) is 3. The molecular weight excluding hydrogens is 364 g/mol. The summed E-state index contributed by atoms with van der Waals surface area (Å²) >= 11 is 1.70. The van der Waals surface area contributed by atoms with Gasteiger partial charge >= 0.3 is 0 Å². The van der Waals surface area contributed by atoms with E-state index in [2.05, 4.69) is 61.1 Å². The topological polar surface area (TPSA) is 27.1 Å². The molecular formula is C24H28N2OS. The summed E-state index contributed by atoms with van der Waals surface area (Å²) in [5.74, 6) is 0.875. The molecule has 4 heteroatoms. The quantitative estimate of drug-likeness (QED) is 0.318. The molecule has 2 aromatic heterocycles. The number of thiazole rings is 1. The van der Waals surface area contributed by atoms with E-state index in [-0.39, 0.29) is 5.41 Å². The summed E-state index contributed by atoms with van der Waals surface area (Å²) < 4.78 is 7.70. The number of aryl methyl sites for hydroxylation is 1. The summed E-state index contributed by atoms with van der Waals surface area (Å²) in [6.45, 7) is 6.57. The number of nitrogens with zero attached hydrogens (tertiary/aromatic N) is 2. The summed E-state index contributed by atoms with van der Waals surface area (Å²) in [7, 11) is 1.70. The predicted octanol–water partition coefficient (Wildman–Crippen LogP) is 6.61. The molecule has 0 aliphatic heterocycles. The van der Waals surface area contributed by atoms with Crippen LogP contribution in [0.15, 0.2) is 47.9 Å². The van der Waals surface area contributed by atoms with Crippen LogP contribution in [0.25, 0.3) is 17.1 Å². The molecule has 0 radical (unpaired) electrons. The van der Waals surface area contributed by atoms with E-state index in [1.165, 1.54) is 42.6 Å². The van der Waals surface area contributed by atoms with Gasteiger partial charge in [0.05, 0.1) is 23.5 Å². The Bertz CT molecular complexity index is 988. The molecule has 146 valence electrons. The van der Waals surface area contributed by atoms with Crippen molar-refractivity contribution in [2.45, 2.75) is 51.9 Å². The summed E-state index contributed by atoms with van der Waals surface area (Å²) in [5.41, 5.74) is 6.22. The Hall–Kier alpha value is -2.33. The lowest BCUT2D eigenvalue weighted by atomic mass is 9.88. The highest BCUT2D eigenvalue weighted by Gasteiger charge is 2.38. The molecule has 1 aliphatic rings. The summed E-state index contributed by atoms with van der Waals surface area (Å²) in [4.78, 5) is 4.79. The maximum Gasteiger partial charge on any atom is 0.119 e. The fourth-order valence-corrected chi connectivity index (χ4v) is 4.67. The van der Waals surface area contributed by atoms with Crippen LogP contribution in [0.5, 0.6) is 5.75 Å². The lowest BCUT2D eigenvalue weighted by Gasteiger charge is -2.17. The summed E-state index contributed by atoms with van der Waals surface area (Å²) in [6, 6.07) is 10.7. The third-order valence-corrected chi connectivity index (χ3v) is 6.50. The predicted molar refractivity (Wildman–Crippen MR) is 118 cm³/mol. The molecule has 28 heavy (non-hydrogen) atoms. The Morgan fingerprint density at radius 3 is 2.43 bits per heavy atom. The molecule has 1 aromatic carbocycles. The lowest BCUT2D eigenvalue weighted by molar-refractivity contribution is 0.414. The molecule has 0 fully saturated rings. The van der Waals surface area contributed by atoms with Crippen LogP contribution in [0.4, 0.5) is 0 Å². The highest BCUT2D eigenvalue weighted by Crippen LogP contribution is 2.47. The Morgan fingerprint density at radius 2 is 1.86 bits per heavy atom. The Labute approximate surface area is 171 Å². The molecule has 0 saturated heterocycles. The molecule has 0 unspecified atom stereocenters. The van der Waals surface area contributed by atoms with Crippen molar-refractivity contribution in [1.29, 1.82) is 0 Å². The maximum atomic E-state index is 5.35. The number of aromatic nitrogens is 2. The highest BCUT2D eigenvalue weighted by atomic mass is 32.1. The van der Waals surface area contributed by atoms with E-state index in [0.717, 1.165) is 22.1 Å². The molecule has 0 saturated carbocycles. The Morgan fingerprint density at radius 1 is 1.11 bits per heavy atom. The van der Waals surface area contributed by atoms with Gasteiger partial charge in [0.2, 0.25) is 0 Å². The van der Waals surface area contributed by atoms with Crippen molar-refractivity contribution in [3.8, 4) is 22.8 Å². The van der Waals surface area contributed by atoms with Crippen LogP contribution >= 0.6 is 11.3 Å². The molecule has 0 spiro atoms.